The van der Waals surface area contributed by atoms with Gasteiger partial charge < -0.3 is 19.5 Å². The van der Waals surface area contributed by atoms with Crippen LogP contribution in [0.4, 0.5) is 4.39 Å². The Labute approximate surface area is 125 Å². The Kier molecular flexibility index (Phi) is 6.92. The lowest BCUT2D eigenvalue weighted by atomic mass is 10.2. The summed E-state index contributed by atoms with van der Waals surface area (Å²) < 4.78 is 29.4. The van der Waals surface area contributed by atoms with Crippen molar-refractivity contribution < 1.29 is 18.6 Å². The second-order valence-electron chi connectivity index (χ2n) is 5.21. The summed E-state index contributed by atoms with van der Waals surface area (Å²) in [6, 6.07) is 5.01. The molecular formula is C16H24FNO3. The van der Waals surface area contributed by atoms with Crippen LogP contribution in [0.25, 0.3) is 0 Å². The van der Waals surface area contributed by atoms with Crippen molar-refractivity contribution in [2.45, 2.75) is 31.9 Å². The fourth-order valence-corrected chi connectivity index (χ4v) is 2.34. The molecule has 0 spiro atoms. The quantitative estimate of drug-likeness (QED) is 0.711. The maximum Gasteiger partial charge on any atom is 0.165 e. The lowest BCUT2D eigenvalue weighted by molar-refractivity contribution is 0.0166. The average Bonchev–Trinajstić information content (AvgIpc) is 3.00. The predicted octanol–water partition coefficient (Wildman–Crippen LogP) is 2.51. The van der Waals surface area contributed by atoms with E-state index in [-0.39, 0.29) is 11.6 Å². The van der Waals surface area contributed by atoms with Crippen molar-refractivity contribution in [3.05, 3.63) is 29.6 Å². The topological polar surface area (TPSA) is 39.7 Å². The molecule has 1 fully saturated rings. The van der Waals surface area contributed by atoms with Crippen molar-refractivity contribution in [3.8, 4) is 5.75 Å². The molecule has 21 heavy (non-hydrogen) atoms. The second kappa shape index (κ2) is 8.97. The largest absolute Gasteiger partial charge is 0.494 e. The molecule has 4 nitrogen and oxygen atoms in total. The fraction of sp³-hybridized carbons (Fsp3) is 0.625. The molecule has 1 unspecified atom stereocenters. The van der Waals surface area contributed by atoms with Crippen molar-refractivity contribution in [3.63, 3.8) is 0 Å². The number of halogens is 1. The SMILES string of the molecule is COc1ccc(CNCCCOCC2CCCO2)cc1F. The minimum atomic E-state index is -0.323. The van der Waals surface area contributed by atoms with E-state index >= 15 is 0 Å². The molecule has 1 N–H and O–H groups in total. The minimum absolute atomic E-state index is 0.279. The summed E-state index contributed by atoms with van der Waals surface area (Å²) in [5, 5.41) is 3.28. The van der Waals surface area contributed by atoms with Crippen LogP contribution in [0.2, 0.25) is 0 Å². The number of hydrogen-bond acceptors (Lipinski definition) is 4. The van der Waals surface area contributed by atoms with E-state index in [1.807, 2.05) is 6.07 Å². The Hall–Kier alpha value is -1.17. The second-order valence-corrected chi connectivity index (χ2v) is 5.21. The Balaban J connectivity index is 1.52. The predicted molar refractivity (Wildman–Crippen MR) is 79.1 cm³/mol. The third-order valence-corrected chi connectivity index (χ3v) is 3.52. The van der Waals surface area contributed by atoms with E-state index in [0.717, 1.165) is 44.6 Å². The van der Waals surface area contributed by atoms with Crippen molar-refractivity contribution in [2.75, 3.05) is 33.5 Å². The highest BCUT2D eigenvalue weighted by molar-refractivity contribution is 5.29. The molecule has 0 radical (unpaired) electrons. The highest BCUT2D eigenvalue weighted by atomic mass is 19.1. The van der Waals surface area contributed by atoms with Crippen LogP contribution < -0.4 is 10.1 Å². The normalized spacial score (nSPS) is 18.1. The molecule has 118 valence electrons. The van der Waals surface area contributed by atoms with Gasteiger partial charge in [-0.2, -0.15) is 0 Å². The lowest BCUT2D eigenvalue weighted by Crippen LogP contribution is -2.19. The molecular weight excluding hydrogens is 273 g/mol. The lowest BCUT2D eigenvalue weighted by Gasteiger charge is -2.10. The van der Waals surface area contributed by atoms with Crippen LogP contribution in [0.1, 0.15) is 24.8 Å². The maximum atomic E-state index is 13.5. The van der Waals surface area contributed by atoms with Gasteiger partial charge in [-0.1, -0.05) is 6.07 Å². The van der Waals surface area contributed by atoms with Gasteiger partial charge in [-0.05, 0) is 43.5 Å². The van der Waals surface area contributed by atoms with Crippen molar-refractivity contribution in [2.24, 2.45) is 0 Å². The van der Waals surface area contributed by atoms with Crippen molar-refractivity contribution in [1.29, 1.82) is 0 Å². The highest BCUT2D eigenvalue weighted by Gasteiger charge is 2.14. The zero-order valence-electron chi connectivity index (χ0n) is 12.6. The van der Waals surface area contributed by atoms with E-state index in [0.29, 0.717) is 19.3 Å². The fourth-order valence-electron chi connectivity index (χ4n) is 2.34. The Bertz CT molecular complexity index is 422. The first-order valence-electron chi connectivity index (χ1n) is 7.52. The average molecular weight is 297 g/mol. The Morgan fingerprint density at radius 1 is 1.43 bits per heavy atom. The van der Waals surface area contributed by atoms with Gasteiger partial charge in [-0.25, -0.2) is 4.39 Å². The Morgan fingerprint density at radius 2 is 2.33 bits per heavy atom. The third kappa shape index (κ3) is 5.61. The summed E-state index contributed by atoms with van der Waals surface area (Å²) in [6.07, 6.45) is 3.49. The smallest absolute Gasteiger partial charge is 0.165 e. The van der Waals surface area contributed by atoms with Crippen molar-refractivity contribution in [1.82, 2.24) is 5.32 Å². The third-order valence-electron chi connectivity index (χ3n) is 3.52. The van der Waals surface area contributed by atoms with Crippen LogP contribution >= 0.6 is 0 Å². The zero-order chi connectivity index (χ0) is 14.9. The molecule has 1 aliphatic heterocycles. The number of hydrogen-bond donors (Lipinski definition) is 1. The Morgan fingerprint density at radius 3 is 3.05 bits per heavy atom. The van der Waals surface area contributed by atoms with E-state index < -0.39 is 0 Å². The number of nitrogens with one attached hydrogen (secondary N) is 1. The van der Waals surface area contributed by atoms with Crippen LogP contribution in [0, 0.1) is 5.82 Å². The minimum Gasteiger partial charge on any atom is -0.494 e. The molecule has 5 heteroatoms. The maximum absolute atomic E-state index is 13.5. The number of rotatable bonds is 9. The van der Waals surface area contributed by atoms with Crippen molar-refractivity contribution >= 4 is 0 Å². The zero-order valence-corrected chi connectivity index (χ0v) is 12.6. The molecule has 0 amide bonds. The first-order valence-corrected chi connectivity index (χ1v) is 7.52. The van der Waals surface area contributed by atoms with Crippen LogP contribution in [-0.4, -0.2) is 39.6 Å². The summed E-state index contributed by atoms with van der Waals surface area (Å²) in [4.78, 5) is 0. The molecule has 0 aromatic heterocycles. The van der Waals surface area contributed by atoms with Gasteiger partial charge in [0.25, 0.3) is 0 Å². The summed E-state index contributed by atoms with van der Waals surface area (Å²) in [6.45, 7) is 3.79. The van der Waals surface area contributed by atoms with E-state index in [9.17, 15) is 4.39 Å². The molecule has 0 aliphatic carbocycles. The van der Waals surface area contributed by atoms with Gasteiger partial charge in [0.1, 0.15) is 0 Å². The molecule has 1 saturated heterocycles. The highest BCUT2D eigenvalue weighted by Crippen LogP contribution is 2.17. The first kappa shape index (κ1) is 16.2. The van der Waals surface area contributed by atoms with Crippen LogP contribution in [0.5, 0.6) is 5.75 Å². The van der Waals surface area contributed by atoms with Gasteiger partial charge >= 0.3 is 0 Å². The monoisotopic (exact) mass is 297 g/mol. The van der Waals surface area contributed by atoms with Gasteiger partial charge in [-0.15, -0.1) is 0 Å². The van der Waals surface area contributed by atoms with Gasteiger partial charge in [0.2, 0.25) is 0 Å². The number of ether oxygens (including phenoxy) is 3. The van der Waals surface area contributed by atoms with Gasteiger partial charge in [0.15, 0.2) is 11.6 Å². The van der Waals surface area contributed by atoms with E-state index in [1.54, 1.807) is 6.07 Å². The number of benzene rings is 1. The van der Waals surface area contributed by atoms with Gasteiger partial charge in [0.05, 0.1) is 19.8 Å². The summed E-state index contributed by atoms with van der Waals surface area (Å²) in [7, 11) is 1.47. The van der Waals surface area contributed by atoms with E-state index in [2.05, 4.69) is 5.32 Å². The molecule has 2 rings (SSSR count). The molecule has 1 aromatic carbocycles. The molecule has 1 aliphatic rings. The molecule has 1 aromatic rings. The van der Waals surface area contributed by atoms with Gasteiger partial charge in [0, 0.05) is 19.8 Å². The van der Waals surface area contributed by atoms with Crippen LogP contribution in [-0.2, 0) is 16.0 Å². The summed E-state index contributed by atoms with van der Waals surface area (Å²) >= 11 is 0. The van der Waals surface area contributed by atoms with Crippen LogP contribution in [0.3, 0.4) is 0 Å². The first-order chi connectivity index (χ1) is 10.3. The number of methoxy groups -OCH3 is 1. The molecule has 1 heterocycles. The molecule has 0 saturated carbocycles. The van der Waals surface area contributed by atoms with E-state index in [1.165, 1.54) is 13.2 Å². The molecule has 0 bridgehead atoms. The van der Waals surface area contributed by atoms with Gasteiger partial charge in [-0.3, -0.25) is 0 Å². The van der Waals surface area contributed by atoms with E-state index in [4.69, 9.17) is 14.2 Å². The summed E-state index contributed by atoms with van der Waals surface area (Å²) in [5.41, 5.74) is 0.911. The standard InChI is InChI=1S/C16H24FNO3/c1-19-16-6-5-13(10-15(16)17)11-18-7-3-8-20-12-14-4-2-9-21-14/h5-6,10,14,18H,2-4,7-9,11-12H2,1H3. The van der Waals surface area contributed by atoms with Crippen LogP contribution in [0.15, 0.2) is 18.2 Å². The molecule has 1 atom stereocenters. The summed E-state index contributed by atoms with van der Waals surface area (Å²) in [5.74, 6) is -0.0435.